The second kappa shape index (κ2) is 5.87. The molecule has 5 nitrogen and oxygen atoms in total. The fourth-order valence-electron chi connectivity index (χ4n) is 1.10. The predicted molar refractivity (Wildman–Crippen MR) is 58.7 cm³/mol. The highest BCUT2D eigenvalue weighted by atomic mass is 32.2. The van der Waals surface area contributed by atoms with E-state index in [0.29, 0.717) is 0 Å². The third kappa shape index (κ3) is 3.23. The number of hydrogen-bond acceptors (Lipinski definition) is 4. The van der Waals surface area contributed by atoms with Gasteiger partial charge < -0.3 is 0 Å². The van der Waals surface area contributed by atoms with Gasteiger partial charge in [-0.1, -0.05) is 0 Å². The van der Waals surface area contributed by atoms with Crippen molar-refractivity contribution in [3.05, 3.63) is 29.8 Å². The highest BCUT2D eigenvalue weighted by Gasteiger charge is 2.26. The fourth-order valence-corrected chi connectivity index (χ4v) is 1.82. The smallest absolute Gasteiger partial charge is 0.274 e. The lowest BCUT2D eigenvalue weighted by Crippen LogP contribution is -2.23. The molecule has 0 unspecified atom stereocenters. The zero-order chi connectivity index (χ0) is 13.8. The number of nitrogens with one attached hydrogen (secondary N) is 1. The molecule has 1 aromatic rings. The molecule has 18 heavy (non-hydrogen) atoms. The van der Waals surface area contributed by atoms with Gasteiger partial charge in [-0.05, 0) is 31.2 Å². The Morgan fingerprint density at radius 2 is 1.89 bits per heavy atom. The monoisotopic (exact) mass is 279 g/mol. The van der Waals surface area contributed by atoms with E-state index in [1.807, 2.05) is 0 Å². The number of amides is 1. The lowest BCUT2D eigenvalue weighted by atomic mass is 10.2. The summed E-state index contributed by atoms with van der Waals surface area (Å²) in [5.74, 6) is -4.07. The first-order chi connectivity index (χ1) is 8.39. The van der Waals surface area contributed by atoms with Crippen LogP contribution < -0.4 is 5.48 Å². The molecule has 8 heteroatoms. The van der Waals surface area contributed by atoms with Crippen molar-refractivity contribution in [1.82, 2.24) is 5.48 Å². The van der Waals surface area contributed by atoms with Crippen LogP contribution in [-0.2, 0) is 14.7 Å². The van der Waals surface area contributed by atoms with Crippen LogP contribution in [0.15, 0.2) is 29.2 Å². The lowest BCUT2D eigenvalue weighted by molar-refractivity contribution is 0.0364. The number of rotatable bonds is 5. The third-order valence-electron chi connectivity index (χ3n) is 1.99. The van der Waals surface area contributed by atoms with Gasteiger partial charge in [0.25, 0.3) is 5.91 Å². The second-order valence-electron chi connectivity index (χ2n) is 3.19. The topological polar surface area (TPSA) is 72.5 Å². The number of halogens is 2. The third-order valence-corrected chi connectivity index (χ3v) is 3.39. The molecule has 1 N–H and O–H groups in total. The maximum Gasteiger partial charge on any atom is 0.341 e. The van der Waals surface area contributed by atoms with E-state index >= 15 is 0 Å². The van der Waals surface area contributed by atoms with Crippen LogP contribution in [0.5, 0.6) is 0 Å². The molecule has 0 aliphatic heterocycles. The summed E-state index contributed by atoms with van der Waals surface area (Å²) in [7, 11) is -4.63. The van der Waals surface area contributed by atoms with Crippen molar-refractivity contribution in [1.29, 1.82) is 0 Å². The molecule has 0 saturated heterocycles. The predicted octanol–water partition coefficient (Wildman–Crippen LogP) is 1.36. The number of benzene rings is 1. The summed E-state index contributed by atoms with van der Waals surface area (Å²) in [6.45, 7) is 1.93. The highest BCUT2D eigenvalue weighted by molar-refractivity contribution is 7.91. The van der Waals surface area contributed by atoms with E-state index in [9.17, 15) is 22.0 Å². The second-order valence-corrected chi connectivity index (χ2v) is 5.11. The zero-order valence-electron chi connectivity index (χ0n) is 9.39. The molecule has 0 saturated carbocycles. The molecular weight excluding hydrogens is 268 g/mol. The standard InChI is InChI=1S/C10H11F2NO4S/c1-2-17-13-9(14)7-3-5-8(6-4-7)18(15,16)10(11)12/h3-6,10H,2H2,1H3,(H,13,14). The van der Waals surface area contributed by atoms with Crippen LogP contribution in [0.4, 0.5) is 8.78 Å². The maximum absolute atomic E-state index is 12.2. The number of carbonyl (C=O) groups is 1. The molecule has 0 aliphatic rings. The van der Waals surface area contributed by atoms with E-state index in [2.05, 4.69) is 10.3 Å². The summed E-state index contributed by atoms with van der Waals surface area (Å²) in [6.07, 6.45) is 0. The number of carbonyl (C=O) groups excluding carboxylic acids is 1. The molecule has 0 aromatic heterocycles. The molecule has 0 heterocycles. The van der Waals surface area contributed by atoms with Gasteiger partial charge >= 0.3 is 5.76 Å². The average Bonchev–Trinajstić information content (AvgIpc) is 2.35. The summed E-state index contributed by atoms with van der Waals surface area (Å²) in [6, 6.07) is 4.15. The number of hydrogen-bond donors (Lipinski definition) is 1. The van der Waals surface area contributed by atoms with Gasteiger partial charge in [-0.3, -0.25) is 9.63 Å². The molecule has 100 valence electrons. The van der Waals surface area contributed by atoms with E-state index in [1.165, 1.54) is 0 Å². The summed E-state index contributed by atoms with van der Waals surface area (Å²) in [5, 5.41) is 0. The fraction of sp³-hybridized carbons (Fsp3) is 0.300. The van der Waals surface area contributed by atoms with Gasteiger partial charge in [0.05, 0.1) is 11.5 Å². The van der Waals surface area contributed by atoms with Crippen LogP contribution in [0.2, 0.25) is 0 Å². The SMILES string of the molecule is CCONC(=O)c1ccc(S(=O)(=O)C(F)F)cc1. The minimum atomic E-state index is -4.63. The van der Waals surface area contributed by atoms with Crippen LogP contribution in [0, 0.1) is 0 Å². The first-order valence-corrected chi connectivity index (χ1v) is 6.48. The Balaban J connectivity index is 2.90. The molecule has 1 rings (SSSR count). The minimum Gasteiger partial charge on any atom is -0.274 e. The van der Waals surface area contributed by atoms with Gasteiger partial charge in [0.15, 0.2) is 0 Å². The van der Waals surface area contributed by atoms with E-state index in [-0.39, 0.29) is 12.2 Å². The van der Waals surface area contributed by atoms with Crippen molar-refractivity contribution in [3.63, 3.8) is 0 Å². The molecule has 1 amide bonds. The van der Waals surface area contributed by atoms with Crippen LogP contribution in [0.25, 0.3) is 0 Å². The Hall–Kier alpha value is -1.54. The van der Waals surface area contributed by atoms with Gasteiger partial charge in [0.2, 0.25) is 9.84 Å². The van der Waals surface area contributed by atoms with Crippen molar-refractivity contribution >= 4 is 15.7 Å². The lowest BCUT2D eigenvalue weighted by Gasteiger charge is -2.05. The molecular formula is C10H11F2NO4S. The number of hydroxylamine groups is 1. The van der Waals surface area contributed by atoms with Crippen LogP contribution in [-0.4, -0.2) is 26.7 Å². The largest absolute Gasteiger partial charge is 0.341 e. The highest BCUT2D eigenvalue weighted by Crippen LogP contribution is 2.18. The van der Waals surface area contributed by atoms with Crippen molar-refractivity contribution in [3.8, 4) is 0 Å². The first-order valence-electron chi connectivity index (χ1n) is 4.93. The van der Waals surface area contributed by atoms with Crippen molar-refractivity contribution in [2.75, 3.05) is 6.61 Å². The minimum absolute atomic E-state index is 0.108. The number of sulfone groups is 1. The van der Waals surface area contributed by atoms with E-state index in [4.69, 9.17) is 0 Å². The van der Waals surface area contributed by atoms with Crippen LogP contribution in [0.3, 0.4) is 0 Å². The molecule has 0 radical (unpaired) electrons. The number of alkyl halides is 2. The van der Waals surface area contributed by atoms with Gasteiger partial charge in [0.1, 0.15) is 0 Å². The van der Waals surface area contributed by atoms with Gasteiger partial charge in [-0.25, -0.2) is 13.9 Å². The molecule has 1 aromatic carbocycles. The molecule has 0 atom stereocenters. The molecule has 0 fully saturated rings. The molecule has 0 spiro atoms. The Bertz CT molecular complexity index is 513. The molecule has 0 bridgehead atoms. The van der Waals surface area contributed by atoms with Gasteiger partial charge in [0, 0.05) is 5.56 Å². The van der Waals surface area contributed by atoms with Gasteiger partial charge in [-0.2, -0.15) is 8.78 Å². The molecule has 0 aliphatic carbocycles. The van der Waals surface area contributed by atoms with E-state index < -0.39 is 26.4 Å². The Kier molecular flexibility index (Phi) is 4.74. The van der Waals surface area contributed by atoms with Crippen molar-refractivity contribution in [2.45, 2.75) is 17.6 Å². The summed E-state index contributed by atoms with van der Waals surface area (Å²) < 4.78 is 46.7. The summed E-state index contributed by atoms with van der Waals surface area (Å²) >= 11 is 0. The zero-order valence-corrected chi connectivity index (χ0v) is 10.2. The summed E-state index contributed by atoms with van der Waals surface area (Å²) in [4.78, 5) is 15.5. The normalized spacial score (nSPS) is 11.6. The average molecular weight is 279 g/mol. The van der Waals surface area contributed by atoms with Crippen molar-refractivity contribution < 1.29 is 26.8 Å². The van der Waals surface area contributed by atoms with Crippen LogP contribution in [0.1, 0.15) is 17.3 Å². The summed E-state index contributed by atoms with van der Waals surface area (Å²) in [5.41, 5.74) is 2.20. The Labute approximate surface area is 103 Å². The van der Waals surface area contributed by atoms with E-state index in [0.717, 1.165) is 24.3 Å². The van der Waals surface area contributed by atoms with Crippen LogP contribution >= 0.6 is 0 Å². The Morgan fingerprint density at radius 1 is 1.33 bits per heavy atom. The maximum atomic E-state index is 12.2. The van der Waals surface area contributed by atoms with Gasteiger partial charge in [-0.15, -0.1) is 0 Å². The van der Waals surface area contributed by atoms with Crippen molar-refractivity contribution in [2.24, 2.45) is 0 Å². The first kappa shape index (κ1) is 14.5. The quantitative estimate of drug-likeness (QED) is 0.826. The Morgan fingerprint density at radius 3 is 2.33 bits per heavy atom. The van der Waals surface area contributed by atoms with E-state index in [1.54, 1.807) is 6.92 Å².